The van der Waals surface area contributed by atoms with Crippen LogP contribution < -0.4 is 15.7 Å². The van der Waals surface area contributed by atoms with Crippen molar-refractivity contribution in [3.63, 3.8) is 0 Å². The zero-order chi connectivity index (χ0) is 18.1. The monoisotopic (exact) mass is 356 g/mol. The molecular weight excluding hydrogens is 332 g/mol. The molecule has 1 saturated heterocycles. The van der Waals surface area contributed by atoms with Gasteiger partial charge in [-0.1, -0.05) is 0 Å². The molecule has 0 unspecified atom stereocenters. The smallest absolute Gasteiger partial charge is 0.336 e. The van der Waals surface area contributed by atoms with Crippen LogP contribution in [0.4, 0.5) is 0 Å². The Morgan fingerprint density at radius 1 is 1.23 bits per heavy atom. The van der Waals surface area contributed by atoms with Crippen LogP contribution in [-0.4, -0.2) is 42.6 Å². The zero-order valence-electron chi connectivity index (χ0n) is 15.0. The van der Waals surface area contributed by atoms with Crippen molar-refractivity contribution in [1.82, 2.24) is 10.2 Å². The quantitative estimate of drug-likeness (QED) is 0.832. The number of likely N-dealkylation sites (tertiary alicyclic amines) is 1. The molecule has 6 nitrogen and oxygen atoms in total. The van der Waals surface area contributed by atoms with Crippen molar-refractivity contribution in [3.05, 3.63) is 40.2 Å². The topological polar surface area (TPSA) is 71.8 Å². The Hall–Kier alpha value is -2.34. The summed E-state index contributed by atoms with van der Waals surface area (Å²) >= 11 is 0. The van der Waals surface area contributed by atoms with Crippen LogP contribution in [0.15, 0.2) is 33.5 Å². The highest BCUT2D eigenvalue weighted by molar-refractivity contribution is 5.81. The van der Waals surface area contributed by atoms with Crippen molar-refractivity contribution >= 4 is 16.9 Å². The van der Waals surface area contributed by atoms with Crippen LogP contribution in [0.2, 0.25) is 0 Å². The third-order valence-corrected chi connectivity index (χ3v) is 5.25. The van der Waals surface area contributed by atoms with E-state index in [1.807, 2.05) is 13.0 Å². The number of carbonyl (C=O) groups excluding carboxylic acids is 1. The predicted molar refractivity (Wildman–Crippen MR) is 98.5 cm³/mol. The average molecular weight is 356 g/mol. The minimum Gasteiger partial charge on any atom is -0.484 e. The number of fused-ring (bicyclic) bond motifs is 1. The fraction of sp³-hybridized carbons (Fsp3) is 0.500. The normalized spacial score (nSPS) is 18.8. The number of hydrogen-bond donors (Lipinski definition) is 1. The van der Waals surface area contributed by atoms with Gasteiger partial charge in [-0.05, 0) is 50.3 Å². The van der Waals surface area contributed by atoms with Crippen molar-refractivity contribution in [1.29, 1.82) is 0 Å². The van der Waals surface area contributed by atoms with Gasteiger partial charge in [0, 0.05) is 42.7 Å². The average Bonchev–Trinajstić information content (AvgIpc) is 3.45. The van der Waals surface area contributed by atoms with E-state index in [9.17, 15) is 9.59 Å². The lowest BCUT2D eigenvalue weighted by molar-refractivity contribution is -0.124. The van der Waals surface area contributed by atoms with Crippen LogP contribution >= 0.6 is 0 Å². The molecule has 0 atom stereocenters. The van der Waals surface area contributed by atoms with Crippen LogP contribution in [-0.2, 0) is 4.79 Å². The third-order valence-electron chi connectivity index (χ3n) is 5.25. The summed E-state index contributed by atoms with van der Waals surface area (Å²) in [6.07, 6.45) is 4.66. The lowest BCUT2D eigenvalue weighted by Gasteiger charge is -2.32. The van der Waals surface area contributed by atoms with Crippen LogP contribution in [0.25, 0.3) is 11.0 Å². The maximum atomic E-state index is 12.2. The summed E-state index contributed by atoms with van der Waals surface area (Å²) in [5.74, 6) is 0.408. The van der Waals surface area contributed by atoms with Crippen LogP contribution in [0.5, 0.6) is 5.75 Å². The summed E-state index contributed by atoms with van der Waals surface area (Å²) in [5.41, 5.74) is 0.945. The molecule has 138 valence electrons. The molecule has 1 aromatic heterocycles. The van der Waals surface area contributed by atoms with Gasteiger partial charge in [-0.3, -0.25) is 4.79 Å². The summed E-state index contributed by atoms with van der Waals surface area (Å²) < 4.78 is 10.8. The molecule has 1 aliphatic heterocycles. The number of nitrogens with one attached hydrogen (secondary N) is 1. The first-order valence-corrected chi connectivity index (χ1v) is 9.29. The Balaban J connectivity index is 1.30. The minimum atomic E-state index is -0.387. The molecule has 1 aliphatic carbocycles. The second kappa shape index (κ2) is 7.11. The lowest BCUT2D eigenvalue weighted by Crippen LogP contribution is -2.46. The Morgan fingerprint density at radius 2 is 2.00 bits per heavy atom. The lowest BCUT2D eigenvalue weighted by atomic mass is 10.0. The molecule has 6 heteroatoms. The van der Waals surface area contributed by atoms with Gasteiger partial charge in [-0.25, -0.2) is 4.79 Å². The number of hydrogen-bond acceptors (Lipinski definition) is 5. The van der Waals surface area contributed by atoms with Gasteiger partial charge in [0.2, 0.25) is 0 Å². The van der Waals surface area contributed by atoms with Gasteiger partial charge in [0.25, 0.3) is 5.91 Å². The first-order valence-electron chi connectivity index (χ1n) is 9.29. The van der Waals surface area contributed by atoms with Gasteiger partial charge in [0.1, 0.15) is 11.3 Å². The number of piperidine rings is 1. The first-order chi connectivity index (χ1) is 12.6. The van der Waals surface area contributed by atoms with E-state index in [-0.39, 0.29) is 24.2 Å². The maximum Gasteiger partial charge on any atom is 0.336 e. The molecule has 1 amide bonds. The number of benzene rings is 1. The van der Waals surface area contributed by atoms with Gasteiger partial charge >= 0.3 is 5.63 Å². The van der Waals surface area contributed by atoms with E-state index in [1.165, 1.54) is 18.9 Å². The largest absolute Gasteiger partial charge is 0.484 e. The van der Waals surface area contributed by atoms with Gasteiger partial charge in [0.05, 0.1) is 0 Å². The molecule has 0 spiro atoms. The van der Waals surface area contributed by atoms with E-state index in [1.54, 1.807) is 12.1 Å². The van der Waals surface area contributed by atoms with E-state index in [0.29, 0.717) is 11.3 Å². The molecule has 2 aromatic rings. The minimum absolute atomic E-state index is 0.0373. The number of rotatable bonds is 5. The molecule has 4 rings (SSSR count). The van der Waals surface area contributed by atoms with Crippen LogP contribution in [0, 0.1) is 6.92 Å². The van der Waals surface area contributed by atoms with Crippen molar-refractivity contribution in [3.8, 4) is 5.75 Å². The molecular formula is C20H24N2O4. The molecule has 2 heterocycles. The predicted octanol–water partition coefficient (Wildman–Crippen LogP) is 2.22. The molecule has 1 N–H and O–H groups in total. The van der Waals surface area contributed by atoms with Gasteiger partial charge in [-0.2, -0.15) is 0 Å². The standard InChI is InChI=1S/C20H24N2O4/c1-13-10-20(24)26-18-11-16(4-5-17(13)18)25-12-19(23)21-14-6-8-22(9-7-14)15-2-3-15/h4-5,10-11,14-15H,2-3,6-9,12H2,1H3,(H,21,23). The highest BCUT2D eigenvalue weighted by Gasteiger charge is 2.32. The summed E-state index contributed by atoms with van der Waals surface area (Å²) in [6.45, 7) is 3.96. The van der Waals surface area contributed by atoms with Crippen molar-refractivity contribution in [2.45, 2.75) is 44.7 Å². The Kier molecular flexibility index (Phi) is 4.68. The van der Waals surface area contributed by atoms with Crippen molar-refractivity contribution < 1.29 is 13.9 Å². The number of ether oxygens (including phenoxy) is 1. The van der Waals surface area contributed by atoms with Crippen LogP contribution in [0.1, 0.15) is 31.2 Å². The molecule has 2 fully saturated rings. The number of nitrogens with zero attached hydrogens (tertiary/aromatic N) is 1. The van der Waals surface area contributed by atoms with Crippen LogP contribution in [0.3, 0.4) is 0 Å². The van der Waals surface area contributed by atoms with Gasteiger partial charge < -0.3 is 19.4 Å². The second-order valence-corrected chi connectivity index (χ2v) is 7.30. The Bertz CT molecular complexity index is 864. The SMILES string of the molecule is Cc1cc(=O)oc2cc(OCC(=O)NC3CCN(C4CC4)CC3)ccc12. The molecule has 0 radical (unpaired) electrons. The molecule has 1 aromatic carbocycles. The molecule has 2 aliphatic rings. The van der Waals surface area contributed by atoms with Gasteiger partial charge in [-0.15, -0.1) is 0 Å². The summed E-state index contributed by atoms with van der Waals surface area (Å²) in [6, 6.07) is 7.78. The van der Waals surface area contributed by atoms with E-state index >= 15 is 0 Å². The fourth-order valence-electron chi connectivity index (χ4n) is 3.66. The summed E-state index contributed by atoms with van der Waals surface area (Å²) in [7, 11) is 0. The van der Waals surface area contributed by atoms with Gasteiger partial charge in [0.15, 0.2) is 6.61 Å². The number of aryl methyl sites for hydroxylation is 1. The summed E-state index contributed by atoms with van der Waals surface area (Å²) in [4.78, 5) is 26.2. The van der Waals surface area contributed by atoms with Crippen molar-refractivity contribution in [2.75, 3.05) is 19.7 Å². The number of carbonyl (C=O) groups is 1. The number of amides is 1. The zero-order valence-corrected chi connectivity index (χ0v) is 15.0. The first kappa shape index (κ1) is 17.1. The maximum absolute atomic E-state index is 12.2. The van der Waals surface area contributed by atoms with E-state index in [4.69, 9.17) is 9.15 Å². The third kappa shape index (κ3) is 3.90. The van der Waals surface area contributed by atoms with E-state index < -0.39 is 0 Å². The second-order valence-electron chi connectivity index (χ2n) is 7.30. The Labute approximate surface area is 152 Å². The highest BCUT2D eigenvalue weighted by Crippen LogP contribution is 2.29. The molecule has 26 heavy (non-hydrogen) atoms. The molecule has 0 bridgehead atoms. The molecule has 1 saturated carbocycles. The van der Waals surface area contributed by atoms with Crippen molar-refractivity contribution in [2.24, 2.45) is 0 Å². The highest BCUT2D eigenvalue weighted by atomic mass is 16.5. The van der Waals surface area contributed by atoms with E-state index in [2.05, 4.69) is 10.2 Å². The van der Waals surface area contributed by atoms with E-state index in [0.717, 1.165) is 42.9 Å². The fourth-order valence-corrected chi connectivity index (χ4v) is 3.66. The summed E-state index contributed by atoms with van der Waals surface area (Å²) in [5, 5.41) is 3.93. The Morgan fingerprint density at radius 3 is 2.73 bits per heavy atom.